The molecule has 9 heteroatoms. The van der Waals surface area contributed by atoms with Crippen molar-refractivity contribution in [2.75, 3.05) is 49.5 Å². The number of hydrogen-bond donors (Lipinski definition) is 2. The average molecular weight is 372 g/mol. The van der Waals surface area contributed by atoms with E-state index in [0.717, 1.165) is 29.9 Å². The van der Waals surface area contributed by atoms with E-state index in [4.69, 9.17) is 5.11 Å². The second-order valence-electron chi connectivity index (χ2n) is 6.71. The molecule has 1 fully saturated rings. The van der Waals surface area contributed by atoms with Gasteiger partial charge in [-0.2, -0.15) is 0 Å². The molecule has 2 heterocycles. The number of nitrogens with zero attached hydrogens (tertiary/aromatic N) is 5. The summed E-state index contributed by atoms with van der Waals surface area (Å²) >= 11 is 0. The molecule has 2 N–H and O–H groups in total. The van der Waals surface area contributed by atoms with Crippen LogP contribution in [0.15, 0.2) is 24.5 Å². The Balaban J connectivity index is 1.88. The van der Waals surface area contributed by atoms with Gasteiger partial charge in [0.25, 0.3) is 0 Å². The molecule has 2 aromatic rings. The van der Waals surface area contributed by atoms with Gasteiger partial charge in [-0.05, 0) is 37.1 Å². The molecule has 0 spiro atoms. The normalized spacial score (nSPS) is 15.0. The van der Waals surface area contributed by atoms with Gasteiger partial charge < -0.3 is 15.3 Å². The van der Waals surface area contributed by atoms with Gasteiger partial charge in [0.15, 0.2) is 0 Å². The molecule has 0 amide bonds. The Kier molecular flexibility index (Phi) is 5.82. The maximum Gasteiger partial charge on any atom is 0.353 e. The highest BCUT2D eigenvalue weighted by atomic mass is 16.6. The second-order valence-corrected chi connectivity index (χ2v) is 6.71. The highest BCUT2D eigenvalue weighted by Gasteiger charge is 2.29. The minimum Gasteiger partial charge on any atom is -0.395 e. The molecule has 0 aliphatic carbocycles. The van der Waals surface area contributed by atoms with E-state index in [0.29, 0.717) is 25.5 Å². The molecule has 0 bridgehead atoms. The summed E-state index contributed by atoms with van der Waals surface area (Å²) in [7, 11) is 0. The van der Waals surface area contributed by atoms with Crippen LogP contribution in [0.4, 0.5) is 23.0 Å². The highest BCUT2D eigenvalue weighted by molar-refractivity contribution is 5.74. The zero-order chi connectivity index (χ0) is 19.4. The van der Waals surface area contributed by atoms with Crippen LogP contribution in [-0.4, -0.2) is 64.2 Å². The van der Waals surface area contributed by atoms with Crippen molar-refractivity contribution in [3.63, 3.8) is 0 Å². The molecule has 0 saturated carbocycles. The van der Waals surface area contributed by atoms with Crippen LogP contribution in [0.25, 0.3) is 0 Å². The fourth-order valence-electron chi connectivity index (χ4n) is 3.37. The van der Waals surface area contributed by atoms with E-state index in [1.807, 2.05) is 36.9 Å². The van der Waals surface area contributed by atoms with E-state index in [2.05, 4.69) is 20.2 Å². The molecule has 1 aliphatic rings. The summed E-state index contributed by atoms with van der Waals surface area (Å²) in [6, 6.07) is 5.88. The van der Waals surface area contributed by atoms with Gasteiger partial charge in [-0.3, -0.25) is 15.0 Å². The van der Waals surface area contributed by atoms with Crippen LogP contribution >= 0.6 is 0 Å². The van der Waals surface area contributed by atoms with Gasteiger partial charge in [-0.1, -0.05) is 6.07 Å². The van der Waals surface area contributed by atoms with Crippen molar-refractivity contribution in [3.8, 4) is 0 Å². The predicted octanol–water partition coefficient (Wildman–Crippen LogP) is 1.86. The second kappa shape index (κ2) is 8.28. The van der Waals surface area contributed by atoms with E-state index in [1.165, 1.54) is 6.33 Å². The molecule has 0 radical (unpaired) electrons. The molecule has 27 heavy (non-hydrogen) atoms. The SMILES string of the molecule is Cc1cc(C)cc(Nc2ncnc(N3CCN(CCO)CC3)c2[N+](=O)[O-])c1. The van der Waals surface area contributed by atoms with E-state index < -0.39 is 4.92 Å². The van der Waals surface area contributed by atoms with Crippen molar-refractivity contribution < 1.29 is 10.0 Å². The van der Waals surface area contributed by atoms with Crippen molar-refractivity contribution in [2.45, 2.75) is 13.8 Å². The molecule has 1 aromatic carbocycles. The van der Waals surface area contributed by atoms with Gasteiger partial charge in [0, 0.05) is 38.4 Å². The third-order valence-electron chi connectivity index (χ3n) is 4.56. The summed E-state index contributed by atoms with van der Waals surface area (Å²) in [5.41, 5.74) is 2.77. The maximum atomic E-state index is 11.8. The van der Waals surface area contributed by atoms with Crippen molar-refractivity contribution >= 4 is 23.0 Å². The van der Waals surface area contributed by atoms with E-state index >= 15 is 0 Å². The van der Waals surface area contributed by atoms with E-state index in [-0.39, 0.29) is 18.1 Å². The maximum absolute atomic E-state index is 11.8. The van der Waals surface area contributed by atoms with Gasteiger partial charge >= 0.3 is 5.69 Å². The quantitative estimate of drug-likeness (QED) is 0.584. The Labute approximate surface area is 157 Å². The van der Waals surface area contributed by atoms with Gasteiger partial charge in [0.2, 0.25) is 11.6 Å². The summed E-state index contributed by atoms with van der Waals surface area (Å²) in [5, 5.41) is 23.9. The lowest BCUT2D eigenvalue weighted by Gasteiger charge is -2.34. The summed E-state index contributed by atoms with van der Waals surface area (Å²) in [5.74, 6) is 0.512. The molecule has 0 unspecified atom stereocenters. The monoisotopic (exact) mass is 372 g/mol. The molecule has 1 aromatic heterocycles. The van der Waals surface area contributed by atoms with Crippen molar-refractivity contribution in [3.05, 3.63) is 45.8 Å². The molecule has 1 saturated heterocycles. The number of aliphatic hydroxyl groups is 1. The molecule has 1 aliphatic heterocycles. The lowest BCUT2D eigenvalue weighted by molar-refractivity contribution is -0.383. The number of piperazine rings is 1. The first kappa shape index (κ1) is 19.0. The van der Waals surface area contributed by atoms with Crippen molar-refractivity contribution in [2.24, 2.45) is 0 Å². The summed E-state index contributed by atoms with van der Waals surface area (Å²) < 4.78 is 0. The summed E-state index contributed by atoms with van der Waals surface area (Å²) in [6.45, 7) is 7.34. The van der Waals surface area contributed by atoms with Gasteiger partial charge in [-0.25, -0.2) is 9.97 Å². The molecule has 9 nitrogen and oxygen atoms in total. The lowest BCUT2D eigenvalue weighted by atomic mass is 10.1. The van der Waals surface area contributed by atoms with Crippen LogP contribution in [0, 0.1) is 24.0 Å². The van der Waals surface area contributed by atoms with Crippen LogP contribution in [0.5, 0.6) is 0 Å². The molecule has 3 rings (SSSR count). The number of nitrogens with one attached hydrogen (secondary N) is 1. The standard InChI is InChI=1S/C18H24N6O3/c1-13-9-14(2)11-15(10-13)21-17-16(24(26)27)18(20-12-19-17)23-5-3-22(4-6-23)7-8-25/h9-12,25H,3-8H2,1-2H3,(H,19,20,21). The Morgan fingerprint density at radius 2 is 1.81 bits per heavy atom. The molecule has 0 atom stereocenters. The third-order valence-corrected chi connectivity index (χ3v) is 4.56. The largest absolute Gasteiger partial charge is 0.395 e. The number of aryl methyl sites for hydroxylation is 2. The number of β-amino-alcohol motifs (C(OH)–C–C–N with tert-alkyl or cyclic N) is 1. The Morgan fingerprint density at radius 3 is 2.41 bits per heavy atom. The fourth-order valence-corrected chi connectivity index (χ4v) is 3.37. The number of anilines is 3. The Bertz CT molecular complexity index is 800. The first-order valence-electron chi connectivity index (χ1n) is 8.91. The number of benzene rings is 1. The van der Waals surface area contributed by atoms with Crippen LogP contribution in [0.1, 0.15) is 11.1 Å². The van der Waals surface area contributed by atoms with Crippen LogP contribution in [0.2, 0.25) is 0 Å². The topological polar surface area (TPSA) is 108 Å². The zero-order valence-electron chi connectivity index (χ0n) is 15.6. The van der Waals surface area contributed by atoms with Crippen LogP contribution in [0.3, 0.4) is 0 Å². The average Bonchev–Trinajstić information content (AvgIpc) is 2.61. The Hall–Kier alpha value is -2.78. The highest BCUT2D eigenvalue weighted by Crippen LogP contribution is 2.34. The fraction of sp³-hybridized carbons (Fsp3) is 0.444. The number of aromatic nitrogens is 2. The first-order chi connectivity index (χ1) is 13.0. The number of rotatable bonds is 6. The Morgan fingerprint density at radius 1 is 1.15 bits per heavy atom. The first-order valence-corrected chi connectivity index (χ1v) is 8.91. The minimum atomic E-state index is -0.430. The molecular weight excluding hydrogens is 348 g/mol. The third kappa shape index (κ3) is 4.50. The molecular formula is C18H24N6O3. The van der Waals surface area contributed by atoms with E-state index in [1.54, 1.807) is 0 Å². The van der Waals surface area contributed by atoms with Gasteiger partial charge in [-0.15, -0.1) is 0 Å². The predicted molar refractivity (Wildman–Crippen MR) is 104 cm³/mol. The molecule has 144 valence electrons. The number of hydrogen-bond acceptors (Lipinski definition) is 8. The van der Waals surface area contributed by atoms with Crippen molar-refractivity contribution in [1.82, 2.24) is 14.9 Å². The number of nitro groups is 1. The van der Waals surface area contributed by atoms with Crippen molar-refractivity contribution in [1.29, 1.82) is 0 Å². The van der Waals surface area contributed by atoms with E-state index in [9.17, 15) is 10.1 Å². The number of aliphatic hydroxyl groups excluding tert-OH is 1. The summed E-state index contributed by atoms with van der Waals surface area (Å²) in [6.07, 6.45) is 1.35. The van der Waals surface area contributed by atoms with Crippen LogP contribution in [-0.2, 0) is 0 Å². The smallest absolute Gasteiger partial charge is 0.353 e. The zero-order valence-corrected chi connectivity index (χ0v) is 15.6. The summed E-state index contributed by atoms with van der Waals surface area (Å²) in [4.78, 5) is 23.7. The van der Waals surface area contributed by atoms with Gasteiger partial charge in [0.05, 0.1) is 11.5 Å². The lowest BCUT2D eigenvalue weighted by Crippen LogP contribution is -2.47. The van der Waals surface area contributed by atoms with Gasteiger partial charge in [0.1, 0.15) is 6.33 Å². The van der Waals surface area contributed by atoms with Crippen LogP contribution < -0.4 is 10.2 Å². The minimum absolute atomic E-state index is 0.109.